The Morgan fingerprint density at radius 3 is 2.83 bits per heavy atom. The molecular formula is C14H26N2O2. The number of piperidine rings is 1. The van der Waals surface area contributed by atoms with Gasteiger partial charge in [-0.2, -0.15) is 0 Å². The topological polar surface area (TPSA) is 44.7 Å². The quantitative estimate of drug-likeness (QED) is 0.780. The van der Waals surface area contributed by atoms with Gasteiger partial charge in [-0.25, -0.2) is 0 Å². The van der Waals surface area contributed by atoms with Gasteiger partial charge in [0.1, 0.15) is 0 Å². The molecule has 3 heterocycles. The third-order valence-electron chi connectivity index (χ3n) is 4.97. The zero-order chi connectivity index (χ0) is 12.4. The van der Waals surface area contributed by atoms with Crippen molar-refractivity contribution >= 4 is 0 Å². The highest BCUT2D eigenvalue weighted by molar-refractivity contribution is 4.95. The van der Waals surface area contributed by atoms with Gasteiger partial charge in [0.2, 0.25) is 0 Å². The maximum absolute atomic E-state index is 10.5. The second-order valence-electron chi connectivity index (χ2n) is 6.21. The molecule has 2 unspecified atom stereocenters. The first-order chi connectivity index (χ1) is 8.77. The standard InChI is InChI=1S/C14H26N2O2/c17-14(5-9-18-10-6-14)11-15-12-4-8-16-7-2-1-3-13(12)16/h12-13,15,17H,1-11H2. The first-order valence-electron chi connectivity index (χ1n) is 7.54. The Bertz CT molecular complexity index is 279. The van der Waals surface area contributed by atoms with Crippen molar-refractivity contribution in [2.24, 2.45) is 0 Å². The van der Waals surface area contributed by atoms with Gasteiger partial charge in [-0.3, -0.25) is 4.90 Å². The van der Waals surface area contributed by atoms with Gasteiger partial charge >= 0.3 is 0 Å². The predicted octanol–water partition coefficient (Wildman–Crippen LogP) is 0.744. The van der Waals surface area contributed by atoms with E-state index in [2.05, 4.69) is 10.2 Å². The number of hydrogen-bond acceptors (Lipinski definition) is 4. The third kappa shape index (κ3) is 2.72. The van der Waals surface area contributed by atoms with Gasteiger partial charge < -0.3 is 15.2 Å². The average molecular weight is 254 g/mol. The summed E-state index contributed by atoms with van der Waals surface area (Å²) < 4.78 is 5.33. The Morgan fingerprint density at radius 1 is 1.17 bits per heavy atom. The molecule has 104 valence electrons. The van der Waals surface area contributed by atoms with E-state index in [0.29, 0.717) is 19.3 Å². The Labute approximate surface area is 110 Å². The lowest BCUT2D eigenvalue weighted by atomic mass is 9.93. The van der Waals surface area contributed by atoms with Crippen molar-refractivity contribution in [1.29, 1.82) is 0 Å². The molecule has 0 spiro atoms. The monoisotopic (exact) mass is 254 g/mol. The number of ether oxygens (including phenoxy) is 1. The highest BCUT2D eigenvalue weighted by atomic mass is 16.5. The van der Waals surface area contributed by atoms with Gasteiger partial charge in [-0.05, 0) is 25.8 Å². The lowest BCUT2D eigenvalue weighted by Crippen LogP contribution is -2.51. The molecule has 0 amide bonds. The Balaban J connectivity index is 1.50. The summed E-state index contributed by atoms with van der Waals surface area (Å²) in [6.45, 7) is 4.67. The Hall–Kier alpha value is -0.160. The fraction of sp³-hybridized carbons (Fsp3) is 1.00. The first-order valence-corrected chi connectivity index (χ1v) is 7.54. The summed E-state index contributed by atoms with van der Waals surface area (Å²) in [4.78, 5) is 2.63. The van der Waals surface area contributed by atoms with Crippen LogP contribution in [0.2, 0.25) is 0 Å². The maximum atomic E-state index is 10.5. The van der Waals surface area contributed by atoms with Crippen LogP contribution in [0.4, 0.5) is 0 Å². The van der Waals surface area contributed by atoms with Crippen molar-refractivity contribution in [3.63, 3.8) is 0 Å². The second-order valence-corrected chi connectivity index (χ2v) is 6.21. The van der Waals surface area contributed by atoms with E-state index in [0.717, 1.165) is 25.4 Å². The molecule has 0 aliphatic carbocycles. The number of rotatable bonds is 3. The van der Waals surface area contributed by atoms with Crippen LogP contribution in [0.1, 0.15) is 38.5 Å². The second kappa shape index (κ2) is 5.45. The molecule has 3 rings (SSSR count). The van der Waals surface area contributed by atoms with Crippen molar-refractivity contribution in [1.82, 2.24) is 10.2 Å². The van der Waals surface area contributed by atoms with Crippen molar-refractivity contribution in [2.45, 2.75) is 56.2 Å². The fourth-order valence-corrected chi connectivity index (χ4v) is 3.73. The number of fused-ring (bicyclic) bond motifs is 1. The van der Waals surface area contributed by atoms with Crippen LogP contribution in [0.3, 0.4) is 0 Å². The smallest absolute Gasteiger partial charge is 0.0815 e. The normalized spacial score (nSPS) is 36.5. The number of hydrogen-bond donors (Lipinski definition) is 2. The zero-order valence-electron chi connectivity index (χ0n) is 11.2. The minimum atomic E-state index is -0.527. The van der Waals surface area contributed by atoms with E-state index in [-0.39, 0.29) is 0 Å². The summed E-state index contributed by atoms with van der Waals surface area (Å²) in [7, 11) is 0. The van der Waals surface area contributed by atoms with Crippen LogP contribution in [0, 0.1) is 0 Å². The predicted molar refractivity (Wildman–Crippen MR) is 70.6 cm³/mol. The molecule has 0 bridgehead atoms. The third-order valence-corrected chi connectivity index (χ3v) is 4.97. The Morgan fingerprint density at radius 2 is 2.00 bits per heavy atom. The fourth-order valence-electron chi connectivity index (χ4n) is 3.73. The van der Waals surface area contributed by atoms with Gasteiger partial charge in [-0.1, -0.05) is 6.42 Å². The van der Waals surface area contributed by atoms with E-state index < -0.39 is 5.60 Å². The van der Waals surface area contributed by atoms with Crippen LogP contribution in [-0.2, 0) is 4.74 Å². The molecule has 0 aromatic heterocycles. The van der Waals surface area contributed by atoms with Gasteiger partial charge in [-0.15, -0.1) is 0 Å². The highest BCUT2D eigenvalue weighted by Crippen LogP contribution is 2.28. The van der Waals surface area contributed by atoms with Crippen LogP contribution in [0.5, 0.6) is 0 Å². The summed E-state index contributed by atoms with van der Waals surface area (Å²) in [6, 6.07) is 1.32. The highest BCUT2D eigenvalue weighted by Gasteiger charge is 2.37. The van der Waals surface area contributed by atoms with E-state index >= 15 is 0 Å². The van der Waals surface area contributed by atoms with E-state index in [4.69, 9.17) is 4.74 Å². The lowest BCUT2D eigenvalue weighted by Gasteiger charge is -2.36. The van der Waals surface area contributed by atoms with Crippen LogP contribution in [0.15, 0.2) is 0 Å². The summed E-state index contributed by atoms with van der Waals surface area (Å²) in [5, 5.41) is 14.1. The summed E-state index contributed by atoms with van der Waals surface area (Å²) >= 11 is 0. The minimum absolute atomic E-state index is 0.527. The van der Waals surface area contributed by atoms with Crippen LogP contribution in [-0.4, -0.2) is 60.5 Å². The van der Waals surface area contributed by atoms with E-state index in [1.807, 2.05) is 0 Å². The minimum Gasteiger partial charge on any atom is -0.388 e. The number of aliphatic hydroxyl groups is 1. The zero-order valence-corrected chi connectivity index (χ0v) is 11.2. The molecule has 3 aliphatic rings. The van der Waals surface area contributed by atoms with Gasteiger partial charge in [0.25, 0.3) is 0 Å². The molecule has 2 N–H and O–H groups in total. The van der Waals surface area contributed by atoms with E-state index in [1.54, 1.807) is 0 Å². The van der Waals surface area contributed by atoms with Crippen LogP contribution >= 0.6 is 0 Å². The molecular weight excluding hydrogens is 228 g/mol. The first kappa shape index (κ1) is 12.9. The maximum Gasteiger partial charge on any atom is 0.0815 e. The Kier molecular flexibility index (Phi) is 3.89. The molecule has 3 saturated heterocycles. The molecule has 0 radical (unpaired) electrons. The largest absolute Gasteiger partial charge is 0.388 e. The molecule has 4 nitrogen and oxygen atoms in total. The summed E-state index contributed by atoms with van der Waals surface area (Å²) in [5.74, 6) is 0. The van der Waals surface area contributed by atoms with Crippen LogP contribution < -0.4 is 5.32 Å². The molecule has 0 saturated carbocycles. The molecule has 0 aromatic carbocycles. The van der Waals surface area contributed by atoms with E-state index in [1.165, 1.54) is 38.8 Å². The SMILES string of the molecule is OC1(CNC2CCN3CCCCC23)CCOCC1. The average Bonchev–Trinajstić information content (AvgIpc) is 2.81. The number of nitrogens with zero attached hydrogens (tertiary/aromatic N) is 1. The number of nitrogens with one attached hydrogen (secondary N) is 1. The van der Waals surface area contributed by atoms with Gasteiger partial charge in [0, 0.05) is 51.2 Å². The molecule has 3 aliphatic heterocycles. The van der Waals surface area contributed by atoms with Gasteiger partial charge in [0.05, 0.1) is 5.60 Å². The van der Waals surface area contributed by atoms with Crippen molar-refractivity contribution in [2.75, 3.05) is 32.8 Å². The molecule has 2 atom stereocenters. The van der Waals surface area contributed by atoms with Crippen molar-refractivity contribution in [3.05, 3.63) is 0 Å². The van der Waals surface area contributed by atoms with E-state index in [9.17, 15) is 5.11 Å². The van der Waals surface area contributed by atoms with Crippen molar-refractivity contribution in [3.8, 4) is 0 Å². The van der Waals surface area contributed by atoms with Crippen LogP contribution in [0.25, 0.3) is 0 Å². The summed E-state index contributed by atoms with van der Waals surface area (Å²) in [5.41, 5.74) is -0.527. The molecule has 0 aromatic rings. The van der Waals surface area contributed by atoms with Crippen molar-refractivity contribution < 1.29 is 9.84 Å². The summed E-state index contributed by atoms with van der Waals surface area (Å²) in [6.07, 6.45) is 6.88. The molecule has 3 fully saturated rings. The van der Waals surface area contributed by atoms with Gasteiger partial charge in [0.15, 0.2) is 0 Å². The molecule has 4 heteroatoms. The lowest BCUT2D eigenvalue weighted by molar-refractivity contribution is -0.0632. The molecule has 18 heavy (non-hydrogen) atoms.